The van der Waals surface area contributed by atoms with Crippen LogP contribution in [0.4, 0.5) is 5.69 Å². The number of alkyl halides is 2. The molecule has 5 heteroatoms. The predicted molar refractivity (Wildman–Crippen MR) is 95.6 cm³/mol. The van der Waals surface area contributed by atoms with E-state index in [9.17, 15) is 4.79 Å². The van der Waals surface area contributed by atoms with Gasteiger partial charge < -0.3 is 5.32 Å². The zero-order valence-electron chi connectivity index (χ0n) is 11.3. The van der Waals surface area contributed by atoms with Crippen molar-refractivity contribution in [3.8, 4) is 0 Å². The first kappa shape index (κ1) is 16.5. The molecule has 1 amide bonds. The molecule has 0 aliphatic carbocycles. The van der Waals surface area contributed by atoms with Crippen LogP contribution in [0.25, 0.3) is 0 Å². The summed E-state index contributed by atoms with van der Waals surface area (Å²) >= 11 is 13.0. The summed E-state index contributed by atoms with van der Waals surface area (Å²) in [5.41, 5.74) is 2.74. The van der Waals surface area contributed by atoms with E-state index in [0.29, 0.717) is 5.02 Å². The van der Waals surface area contributed by atoms with Gasteiger partial charge in [-0.2, -0.15) is 0 Å². The van der Waals surface area contributed by atoms with Crippen LogP contribution in [-0.2, 0) is 4.79 Å². The number of carbonyl (C=O) groups excluding carboxylic acids is 1. The van der Waals surface area contributed by atoms with E-state index >= 15 is 0 Å². The van der Waals surface area contributed by atoms with Crippen molar-refractivity contribution in [1.82, 2.24) is 0 Å². The number of aryl methyl sites for hydroxylation is 1. The van der Waals surface area contributed by atoms with Gasteiger partial charge in [-0.25, -0.2) is 0 Å². The van der Waals surface area contributed by atoms with Crippen molar-refractivity contribution in [2.75, 3.05) is 5.32 Å². The number of amides is 1. The van der Waals surface area contributed by atoms with Gasteiger partial charge in [0.05, 0.1) is 4.83 Å². The van der Waals surface area contributed by atoms with E-state index in [4.69, 9.17) is 11.6 Å². The minimum atomic E-state index is -0.390. The van der Waals surface area contributed by atoms with Gasteiger partial charge in [0.1, 0.15) is 4.83 Å². The summed E-state index contributed by atoms with van der Waals surface area (Å²) in [5.74, 6) is -0.119. The number of benzene rings is 2. The summed E-state index contributed by atoms with van der Waals surface area (Å²) in [6.45, 7) is 1.93. The highest BCUT2D eigenvalue weighted by atomic mass is 79.9. The molecule has 0 aromatic heterocycles. The molecule has 0 unspecified atom stereocenters. The summed E-state index contributed by atoms with van der Waals surface area (Å²) in [6, 6.07) is 15.2. The third-order valence-corrected chi connectivity index (χ3v) is 6.03. The molecule has 2 atom stereocenters. The summed E-state index contributed by atoms with van der Waals surface area (Å²) in [6.07, 6.45) is 0. The standard InChI is InChI=1S/C16H14Br2ClNO/c1-10-7-8-12(19)9-13(10)20-16(21)15(18)14(17)11-5-3-2-4-6-11/h2-9,14-15H,1H3,(H,20,21)/t14-,15+/m1/s1. The van der Waals surface area contributed by atoms with Crippen molar-refractivity contribution in [2.24, 2.45) is 0 Å². The highest BCUT2D eigenvalue weighted by molar-refractivity contribution is 9.12. The topological polar surface area (TPSA) is 29.1 Å². The Labute approximate surface area is 146 Å². The zero-order chi connectivity index (χ0) is 15.4. The van der Waals surface area contributed by atoms with Crippen molar-refractivity contribution >= 4 is 55.1 Å². The van der Waals surface area contributed by atoms with Crippen LogP contribution in [-0.4, -0.2) is 10.7 Å². The maximum atomic E-state index is 12.4. The van der Waals surface area contributed by atoms with Gasteiger partial charge in [-0.15, -0.1) is 0 Å². The molecule has 2 aromatic rings. The molecule has 1 N–H and O–H groups in total. The van der Waals surface area contributed by atoms with E-state index in [0.717, 1.165) is 16.8 Å². The van der Waals surface area contributed by atoms with Crippen molar-refractivity contribution in [3.05, 3.63) is 64.7 Å². The fourth-order valence-electron chi connectivity index (χ4n) is 1.87. The quantitative estimate of drug-likeness (QED) is 0.638. The van der Waals surface area contributed by atoms with E-state index in [2.05, 4.69) is 37.2 Å². The van der Waals surface area contributed by atoms with E-state index < -0.39 is 4.83 Å². The van der Waals surface area contributed by atoms with Gasteiger partial charge in [0.25, 0.3) is 0 Å². The first-order chi connectivity index (χ1) is 9.99. The molecule has 2 aromatic carbocycles. The second-order valence-corrected chi connectivity index (χ2v) is 7.07. The second-order valence-electron chi connectivity index (χ2n) is 4.66. The lowest BCUT2D eigenvalue weighted by molar-refractivity contribution is -0.115. The molecule has 0 saturated carbocycles. The van der Waals surface area contributed by atoms with E-state index in [1.54, 1.807) is 12.1 Å². The Hall–Kier alpha value is -0.840. The Morgan fingerprint density at radius 1 is 1.14 bits per heavy atom. The second kappa shape index (κ2) is 7.43. The zero-order valence-corrected chi connectivity index (χ0v) is 15.2. The Kier molecular flexibility index (Phi) is 5.85. The van der Waals surface area contributed by atoms with Crippen LogP contribution in [0.15, 0.2) is 48.5 Å². The smallest absolute Gasteiger partial charge is 0.239 e. The average Bonchev–Trinajstić information content (AvgIpc) is 2.50. The van der Waals surface area contributed by atoms with Gasteiger partial charge in [-0.05, 0) is 30.2 Å². The first-order valence-electron chi connectivity index (χ1n) is 6.39. The first-order valence-corrected chi connectivity index (χ1v) is 8.60. The number of anilines is 1. The lowest BCUT2D eigenvalue weighted by atomic mass is 10.1. The van der Waals surface area contributed by atoms with Gasteiger partial charge >= 0.3 is 0 Å². The van der Waals surface area contributed by atoms with Gasteiger partial charge in [0.15, 0.2) is 0 Å². The van der Waals surface area contributed by atoms with E-state index in [1.165, 1.54) is 0 Å². The van der Waals surface area contributed by atoms with Crippen LogP contribution in [0.2, 0.25) is 5.02 Å². The van der Waals surface area contributed by atoms with E-state index in [-0.39, 0.29) is 10.7 Å². The maximum absolute atomic E-state index is 12.4. The molecule has 0 spiro atoms. The minimum Gasteiger partial charge on any atom is -0.325 e. The molecular formula is C16H14Br2ClNO. The van der Waals surface area contributed by atoms with Crippen molar-refractivity contribution in [1.29, 1.82) is 0 Å². The molecule has 0 fully saturated rings. The highest BCUT2D eigenvalue weighted by Gasteiger charge is 2.25. The van der Waals surface area contributed by atoms with Crippen LogP contribution in [0, 0.1) is 6.92 Å². The Morgan fingerprint density at radius 3 is 2.48 bits per heavy atom. The highest BCUT2D eigenvalue weighted by Crippen LogP contribution is 2.32. The number of hydrogen-bond acceptors (Lipinski definition) is 1. The van der Waals surface area contributed by atoms with Crippen LogP contribution >= 0.6 is 43.5 Å². The van der Waals surface area contributed by atoms with Crippen LogP contribution < -0.4 is 5.32 Å². The fraction of sp³-hybridized carbons (Fsp3) is 0.188. The van der Waals surface area contributed by atoms with Crippen LogP contribution in [0.5, 0.6) is 0 Å². The lowest BCUT2D eigenvalue weighted by Crippen LogP contribution is -2.26. The number of nitrogens with one attached hydrogen (secondary N) is 1. The molecule has 0 aliphatic rings. The Bertz CT molecular complexity index is 633. The Morgan fingerprint density at radius 2 is 1.81 bits per heavy atom. The molecular weight excluding hydrogens is 417 g/mol. The normalized spacial score (nSPS) is 13.5. The molecule has 0 aliphatic heterocycles. The summed E-state index contributed by atoms with van der Waals surface area (Å²) in [5, 5.41) is 3.50. The fourth-order valence-corrected chi connectivity index (χ4v) is 3.01. The van der Waals surface area contributed by atoms with Crippen molar-refractivity contribution < 1.29 is 4.79 Å². The molecule has 0 heterocycles. The summed E-state index contributed by atoms with van der Waals surface area (Å²) in [7, 11) is 0. The van der Waals surface area contributed by atoms with Crippen molar-refractivity contribution in [3.63, 3.8) is 0 Å². The molecule has 21 heavy (non-hydrogen) atoms. The third kappa shape index (κ3) is 4.31. The molecule has 2 rings (SSSR count). The summed E-state index contributed by atoms with van der Waals surface area (Å²) < 4.78 is 0. The monoisotopic (exact) mass is 429 g/mol. The lowest BCUT2D eigenvalue weighted by Gasteiger charge is -2.18. The van der Waals surface area contributed by atoms with Gasteiger partial charge in [-0.1, -0.05) is 79.9 Å². The van der Waals surface area contributed by atoms with E-state index in [1.807, 2.05) is 43.3 Å². The van der Waals surface area contributed by atoms with Crippen LogP contribution in [0.1, 0.15) is 16.0 Å². The SMILES string of the molecule is Cc1ccc(Cl)cc1NC(=O)[C@@H](Br)[C@H](Br)c1ccccc1. The van der Waals surface area contributed by atoms with Gasteiger partial charge in [0, 0.05) is 10.7 Å². The predicted octanol–water partition coefficient (Wildman–Crippen LogP) is 5.49. The molecule has 0 radical (unpaired) electrons. The van der Waals surface area contributed by atoms with Gasteiger partial charge in [-0.3, -0.25) is 4.79 Å². The average molecular weight is 432 g/mol. The maximum Gasteiger partial charge on any atom is 0.239 e. The minimum absolute atomic E-state index is 0.113. The van der Waals surface area contributed by atoms with Gasteiger partial charge in [0.2, 0.25) is 5.91 Å². The summed E-state index contributed by atoms with van der Waals surface area (Å²) in [4.78, 5) is 11.9. The Balaban J connectivity index is 2.11. The number of halogens is 3. The number of hydrogen-bond donors (Lipinski definition) is 1. The largest absolute Gasteiger partial charge is 0.325 e. The molecule has 2 nitrogen and oxygen atoms in total. The number of rotatable bonds is 4. The van der Waals surface area contributed by atoms with Crippen molar-refractivity contribution in [2.45, 2.75) is 16.6 Å². The molecule has 0 saturated heterocycles. The third-order valence-electron chi connectivity index (χ3n) is 3.08. The number of carbonyl (C=O) groups is 1. The molecule has 110 valence electrons. The van der Waals surface area contributed by atoms with Crippen LogP contribution in [0.3, 0.4) is 0 Å². The molecule has 0 bridgehead atoms.